The number of nitrogens with zero attached hydrogens (tertiary/aromatic N) is 2. The molecule has 2 nitrogen and oxygen atoms in total. The Kier molecular flexibility index (Phi) is 6.50. The summed E-state index contributed by atoms with van der Waals surface area (Å²) in [6, 6.07) is 70.2. The Balaban J connectivity index is 1.11. The SMILES string of the molecule is c1ccc(-c2ccc(-c3cc(-c4ccc5c(c4)-c4ccccc4C54c5ccccc5-c5c4ccc4ccccc54)nc(-c4ccccc4)n3)cc2)cc1. The monoisotopic (exact) mass is 672 g/mol. The predicted octanol–water partition coefficient (Wildman–Crippen LogP) is 12.6. The summed E-state index contributed by atoms with van der Waals surface area (Å²) in [5, 5.41) is 2.57. The first-order valence-corrected chi connectivity index (χ1v) is 18.2. The van der Waals surface area contributed by atoms with E-state index in [-0.39, 0.29) is 0 Å². The lowest BCUT2D eigenvalue weighted by Gasteiger charge is -2.30. The lowest BCUT2D eigenvalue weighted by molar-refractivity contribution is 0.794. The van der Waals surface area contributed by atoms with E-state index in [9.17, 15) is 0 Å². The Labute approximate surface area is 308 Å². The zero-order valence-corrected chi connectivity index (χ0v) is 28.9. The molecule has 2 aliphatic rings. The fraction of sp³-hybridized carbons (Fsp3) is 0.0196. The number of benzene rings is 8. The maximum atomic E-state index is 5.23. The standard InChI is InChI=1S/C51H32N2/c1-3-13-33(14-4-1)34-23-25-36(26-24-34)47-32-48(53-50(52-47)37-16-5-2-6-17-37)38-28-29-45-42(31-38)40-19-9-11-21-43(40)51(45)44-22-12-10-20-41(44)49-39-18-8-7-15-35(39)27-30-46(49)51/h1-32H. The van der Waals surface area contributed by atoms with Crippen LogP contribution in [0.15, 0.2) is 194 Å². The molecule has 1 aromatic heterocycles. The molecular formula is C51H32N2. The van der Waals surface area contributed by atoms with Gasteiger partial charge in [-0.3, -0.25) is 0 Å². The zero-order chi connectivity index (χ0) is 34.9. The van der Waals surface area contributed by atoms with Crippen molar-refractivity contribution in [1.29, 1.82) is 0 Å². The molecule has 1 spiro atoms. The van der Waals surface area contributed by atoms with E-state index in [2.05, 4.69) is 176 Å². The number of hydrogen-bond donors (Lipinski definition) is 0. The third-order valence-electron chi connectivity index (χ3n) is 11.3. The van der Waals surface area contributed by atoms with Crippen molar-refractivity contribution in [2.24, 2.45) is 0 Å². The van der Waals surface area contributed by atoms with Gasteiger partial charge in [0.25, 0.3) is 0 Å². The van der Waals surface area contributed by atoms with Crippen molar-refractivity contribution in [3.8, 4) is 67.3 Å². The third kappa shape index (κ3) is 4.39. The van der Waals surface area contributed by atoms with Crippen LogP contribution in [0.25, 0.3) is 78.1 Å². The average Bonchev–Trinajstić information content (AvgIpc) is 3.71. The van der Waals surface area contributed by atoms with Crippen LogP contribution in [0, 0.1) is 0 Å². The summed E-state index contributed by atoms with van der Waals surface area (Å²) in [4.78, 5) is 10.4. The van der Waals surface area contributed by atoms with Crippen LogP contribution in [0.1, 0.15) is 22.3 Å². The summed E-state index contributed by atoms with van der Waals surface area (Å²) < 4.78 is 0. The molecule has 1 heterocycles. The molecule has 0 amide bonds. The molecule has 9 aromatic rings. The Morgan fingerprint density at radius 2 is 0.849 bits per heavy atom. The Hall–Kier alpha value is -6.90. The van der Waals surface area contributed by atoms with Crippen LogP contribution in [-0.2, 0) is 5.41 Å². The number of fused-ring (bicyclic) bond motifs is 12. The summed E-state index contributed by atoms with van der Waals surface area (Å²) in [5.74, 6) is 0.716. The first kappa shape index (κ1) is 29.8. The fourth-order valence-corrected chi connectivity index (χ4v) is 8.99. The molecule has 53 heavy (non-hydrogen) atoms. The van der Waals surface area contributed by atoms with Crippen LogP contribution >= 0.6 is 0 Å². The average molecular weight is 673 g/mol. The summed E-state index contributed by atoms with van der Waals surface area (Å²) >= 11 is 0. The molecule has 0 N–H and O–H groups in total. The van der Waals surface area contributed by atoms with Gasteiger partial charge in [-0.25, -0.2) is 9.97 Å². The van der Waals surface area contributed by atoms with E-state index in [0.29, 0.717) is 5.82 Å². The lowest BCUT2D eigenvalue weighted by Crippen LogP contribution is -2.25. The lowest BCUT2D eigenvalue weighted by atomic mass is 9.70. The maximum Gasteiger partial charge on any atom is 0.160 e. The number of rotatable bonds is 4. The Morgan fingerprint density at radius 1 is 0.321 bits per heavy atom. The minimum atomic E-state index is -0.410. The van der Waals surface area contributed by atoms with Crippen molar-refractivity contribution in [3.05, 3.63) is 216 Å². The van der Waals surface area contributed by atoms with Crippen LogP contribution in [0.4, 0.5) is 0 Å². The summed E-state index contributed by atoms with van der Waals surface area (Å²) in [5.41, 5.74) is 17.4. The first-order chi connectivity index (χ1) is 26.3. The smallest absolute Gasteiger partial charge is 0.160 e. The van der Waals surface area contributed by atoms with Crippen LogP contribution in [-0.4, -0.2) is 9.97 Å². The van der Waals surface area contributed by atoms with E-state index in [4.69, 9.17) is 9.97 Å². The van der Waals surface area contributed by atoms with Crippen molar-refractivity contribution >= 4 is 10.8 Å². The fourth-order valence-electron chi connectivity index (χ4n) is 8.99. The molecule has 0 radical (unpaired) electrons. The quantitative estimate of drug-likeness (QED) is 0.186. The van der Waals surface area contributed by atoms with Gasteiger partial charge in [0, 0.05) is 16.7 Å². The molecule has 1 unspecified atom stereocenters. The third-order valence-corrected chi connectivity index (χ3v) is 11.3. The summed E-state index contributed by atoms with van der Waals surface area (Å²) in [6.07, 6.45) is 0. The van der Waals surface area contributed by atoms with Gasteiger partial charge in [0.15, 0.2) is 5.82 Å². The van der Waals surface area contributed by atoms with Crippen LogP contribution < -0.4 is 0 Å². The van der Waals surface area contributed by atoms with Crippen LogP contribution in [0.2, 0.25) is 0 Å². The van der Waals surface area contributed by atoms with Gasteiger partial charge in [-0.15, -0.1) is 0 Å². The van der Waals surface area contributed by atoms with Gasteiger partial charge in [-0.1, -0.05) is 182 Å². The Bertz CT molecular complexity index is 2870. The topological polar surface area (TPSA) is 25.8 Å². The van der Waals surface area contributed by atoms with Crippen molar-refractivity contribution in [2.75, 3.05) is 0 Å². The van der Waals surface area contributed by atoms with Gasteiger partial charge in [0.05, 0.1) is 16.8 Å². The van der Waals surface area contributed by atoms with E-state index < -0.39 is 5.41 Å². The molecule has 1 atom stereocenters. The van der Waals surface area contributed by atoms with Gasteiger partial charge >= 0.3 is 0 Å². The molecule has 0 aliphatic heterocycles. The second-order valence-corrected chi connectivity index (χ2v) is 14.1. The molecule has 2 aliphatic carbocycles. The molecule has 0 saturated heterocycles. The molecule has 0 saturated carbocycles. The highest BCUT2D eigenvalue weighted by Crippen LogP contribution is 2.64. The number of aromatic nitrogens is 2. The summed E-state index contributed by atoms with van der Waals surface area (Å²) in [6.45, 7) is 0. The minimum absolute atomic E-state index is 0.410. The van der Waals surface area contributed by atoms with Gasteiger partial charge < -0.3 is 0 Å². The van der Waals surface area contributed by atoms with Gasteiger partial charge in [-0.2, -0.15) is 0 Å². The Morgan fingerprint density at radius 3 is 1.62 bits per heavy atom. The predicted molar refractivity (Wildman–Crippen MR) is 218 cm³/mol. The molecule has 246 valence electrons. The molecule has 8 aromatic carbocycles. The molecule has 0 bridgehead atoms. The second kappa shape index (κ2) is 11.6. The zero-order valence-electron chi connectivity index (χ0n) is 28.9. The van der Waals surface area contributed by atoms with E-state index in [1.807, 2.05) is 18.2 Å². The van der Waals surface area contributed by atoms with E-state index in [1.54, 1.807) is 0 Å². The molecule has 11 rings (SSSR count). The molecular weight excluding hydrogens is 641 g/mol. The highest BCUT2D eigenvalue weighted by molar-refractivity contribution is 6.06. The highest BCUT2D eigenvalue weighted by Gasteiger charge is 2.51. The van der Waals surface area contributed by atoms with Crippen molar-refractivity contribution in [3.63, 3.8) is 0 Å². The summed E-state index contributed by atoms with van der Waals surface area (Å²) in [7, 11) is 0. The van der Waals surface area contributed by atoms with Gasteiger partial charge in [0.1, 0.15) is 0 Å². The molecule has 2 heteroatoms. The maximum absolute atomic E-state index is 5.23. The normalized spacial score (nSPS) is 14.9. The van der Waals surface area contributed by atoms with Crippen molar-refractivity contribution < 1.29 is 0 Å². The highest BCUT2D eigenvalue weighted by atomic mass is 14.9. The molecule has 0 fully saturated rings. The van der Waals surface area contributed by atoms with Crippen LogP contribution in [0.3, 0.4) is 0 Å². The largest absolute Gasteiger partial charge is 0.228 e. The first-order valence-electron chi connectivity index (χ1n) is 18.2. The van der Waals surface area contributed by atoms with E-state index >= 15 is 0 Å². The van der Waals surface area contributed by atoms with Crippen molar-refractivity contribution in [2.45, 2.75) is 5.41 Å². The van der Waals surface area contributed by atoms with Crippen LogP contribution in [0.5, 0.6) is 0 Å². The van der Waals surface area contributed by atoms with Gasteiger partial charge in [0.2, 0.25) is 0 Å². The van der Waals surface area contributed by atoms with Crippen molar-refractivity contribution in [1.82, 2.24) is 9.97 Å². The second-order valence-electron chi connectivity index (χ2n) is 14.1. The van der Waals surface area contributed by atoms with Gasteiger partial charge in [-0.05, 0) is 78.5 Å². The van der Waals surface area contributed by atoms with E-state index in [1.165, 1.54) is 66.4 Å². The minimum Gasteiger partial charge on any atom is -0.228 e. The number of hydrogen-bond acceptors (Lipinski definition) is 2. The van der Waals surface area contributed by atoms with E-state index in [0.717, 1.165) is 28.1 Å².